The van der Waals surface area contributed by atoms with Crippen LogP contribution < -0.4 is 0 Å². The molecule has 132 valence electrons. The molecule has 0 aliphatic heterocycles. The molecule has 1 unspecified atom stereocenters. The zero-order valence-electron chi connectivity index (χ0n) is 13.6. The molecule has 0 fully saturated rings. The van der Waals surface area contributed by atoms with E-state index in [1.54, 1.807) is 24.3 Å². The lowest BCUT2D eigenvalue weighted by Crippen LogP contribution is -2.73. The molecule has 6 N–H and O–H groups in total. The van der Waals surface area contributed by atoms with Gasteiger partial charge in [0.15, 0.2) is 16.8 Å². The first kappa shape index (κ1) is 16.7. The number of hydrogen-bond acceptors (Lipinski definition) is 6. The number of aliphatic hydroxyl groups is 6. The second kappa shape index (κ2) is 4.67. The maximum atomic E-state index is 11.7. The second-order valence-corrected chi connectivity index (χ2v) is 7.11. The van der Waals surface area contributed by atoms with Gasteiger partial charge in [-0.1, -0.05) is 48.5 Å². The minimum Gasteiger partial charge on any atom is -0.394 e. The van der Waals surface area contributed by atoms with Crippen molar-refractivity contribution in [3.8, 4) is 0 Å². The Labute approximate surface area is 144 Å². The molecule has 4 aliphatic carbocycles. The fourth-order valence-corrected chi connectivity index (χ4v) is 4.53. The number of aliphatic hydroxyl groups excluding tert-OH is 2. The van der Waals surface area contributed by atoms with E-state index in [0.29, 0.717) is 5.56 Å². The lowest BCUT2D eigenvalue weighted by molar-refractivity contribution is -0.343. The molecule has 6 nitrogen and oxygen atoms in total. The average molecular weight is 344 g/mol. The molecule has 0 saturated heterocycles. The van der Waals surface area contributed by atoms with Gasteiger partial charge >= 0.3 is 0 Å². The highest BCUT2D eigenvalue weighted by molar-refractivity contribution is 5.53. The summed E-state index contributed by atoms with van der Waals surface area (Å²) in [6.07, 6.45) is -1.78. The smallest absolute Gasteiger partial charge is 0.161 e. The highest BCUT2D eigenvalue weighted by atomic mass is 16.4. The number of benzene rings is 2. The normalized spacial score (nSPS) is 39.6. The van der Waals surface area contributed by atoms with Gasteiger partial charge in [-0.05, 0) is 29.2 Å². The van der Waals surface area contributed by atoms with Crippen LogP contribution in [0.3, 0.4) is 0 Å². The molecule has 0 aromatic heterocycles. The Hall–Kier alpha value is -1.80. The Balaban J connectivity index is 2.08. The van der Waals surface area contributed by atoms with Gasteiger partial charge in [-0.25, -0.2) is 0 Å². The van der Waals surface area contributed by atoms with E-state index in [1.807, 2.05) is 0 Å². The summed E-state index contributed by atoms with van der Waals surface area (Å²) in [6.45, 7) is 0.507. The van der Waals surface area contributed by atoms with Gasteiger partial charge in [0, 0.05) is 0 Å². The lowest BCUT2D eigenvalue weighted by Gasteiger charge is -2.61. The standard InChI is InChI=1S/C19H20O6/c1-16(22)11-2-6-13(7-3-11)18(16,24)19(25)14-8-4-12(5-9-14)17(19,23)15(21)10-20/h2-9,15,20-25H,10H2,1H3/t15-,16?,17+,18+,19+/m0/s1. The molecule has 5 atom stereocenters. The first-order chi connectivity index (χ1) is 11.7. The molecule has 6 rings (SSSR count). The van der Waals surface area contributed by atoms with E-state index in [2.05, 4.69) is 0 Å². The van der Waals surface area contributed by atoms with Crippen molar-refractivity contribution < 1.29 is 30.6 Å². The van der Waals surface area contributed by atoms with Crippen LogP contribution in [-0.4, -0.2) is 43.4 Å². The topological polar surface area (TPSA) is 121 Å². The third kappa shape index (κ3) is 1.52. The van der Waals surface area contributed by atoms with Crippen LogP contribution in [0.2, 0.25) is 0 Å². The summed E-state index contributed by atoms with van der Waals surface area (Å²) in [6, 6.07) is 12.4. The summed E-state index contributed by atoms with van der Waals surface area (Å²) in [5.41, 5.74) is -8.36. The SMILES string of the molecule is CC1(O)c2ccc(cc2)[C@]1(O)[C@@]1(O)c2ccc(cc2)[C@@]1(O)[C@@H](O)CO. The van der Waals surface area contributed by atoms with Crippen molar-refractivity contribution in [2.24, 2.45) is 0 Å². The van der Waals surface area contributed by atoms with Gasteiger partial charge in [0.1, 0.15) is 11.7 Å². The number of fused-ring (bicyclic) bond motifs is 7. The van der Waals surface area contributed by atoms with E-state index in [-0.39, 0.29) is 16.7 Å². The molecule has 0 amide bonds. The third-order valence-electron chi connectivity index (χ3n) is 6.04. The molecule has 2 aromatic rings. The molecular weight excluding hydrogens is 324 g/mol. The number of rotatable bonds is 3. The Kier molecular flexibility index (Phi) is 3.11. The Morgan fingerprint density at radius 2 is 1.12 bits per heavy atom. The summed E-state index contributed by atoms with van der Waals surface area (Å²) < 4.78 is 0. The molecule has 0 heterocycles. The Morgan fingerprint density at radius 3 is 1.56 bits per heavy atom. The molecule has 0 saturated carbocycles. The van der Waals surface area contributed by atoms with Gasteiger partial charge in [0.05, 0.1) is 6.61 Å². The second-order valence-electron chi connectivity index (χ2n) is 7.11. The third-order valence-corrected chi connectivity index (χ3v) is 6.04. The van der Waals surface area contributed by atoms with Gasteiger partial charge in [-0.15, -0.1) is 0 Å². The van der Waals surface area contributed by atoms with Crippen molar-refractivity contribution in [1.82, 2.24) is 0 Å². The van der Waals surface area contributed by atoms with Crippen molar-refractivity contribution in [1.29, 1.82) is 0 Å². The molecule has 0 radical (unpaired) electrons. The zero-order chi connectivity index (χ0) is 18.3. The van der Waals surface area contributed by atoms with Crippen LogP contribution in [0.15, 0.2) is 48.5 Å². The van der Waals surface area contributed by atoms with Crippen molar-refractivity contribution >= 4 is 0 Å². The van der Waals surface area contributed by atoms with E-state index in [1.165, 1.54) is 31.2 Å². The maximum Gasteiger partial charge on any atom is 0.161 e. The van der Waals surface area contributed by atoms with Gasteiger partial charge in [0.2, 0.25) is 0 Å². The first-order valence-corrected chi connectivity index (χ1v) is 8.06. The summed E-state index contributed by atoms with van der Waals surface area (Å²) in [7, 11) is 0. The van der Waals surface area contributed by atoms with E-state index in [0.717, 1.165) is 0 Å². The molecule has 4 bridgehead atoms. The molecule has 0 spiro atoms. The van der Waals surface area contributed by atoms with Crippen LogP contribution in [0.25, 0.3) is 0 Å². The number of hydrogen-bond donors (Lipinski definition) is 6. The predicted octanol–water partition coefficient (Wildman–Crippen LogP) is -0.462. The van der Waals surface area contributed by atoms with Crippen LogP contribution in [0.5, 0.6) is 0 Å². The van der Waals surface area contributed by atoms with Crippen LogP contribution in [0, 0.1) is 0 Å². The first-order valence-electron chi connectivity index (χ1n) is 8.06. The zero-order valence-corrected chi connectivity index (χ0v) is 13.6. The van der Waals surface area contributed by atoms with Crippen LogP contribution in [-0.2, 0) is 22.4 Å². The fraction of sp³-hybridized carbons (Fsp3) is 0.368. The van der Waals surface area contributed by atoms with Gasteiger partial charge in [-0.2, -0.15) is 0 Å². The minimum absolute atomic E-state index is 0.128. The summed E-state index contributed by atoms with van der Waals surface area (Å²) in [5, 5.41) is 65.7. The monoisotopic (exact) mass is 344 g/mol. The van der Waals surface area contributed by atoms with Crippen molar-refractivity contribution in [2.75, 3.05) is 6.61 Å². The molecule has 4 aliphatic rings. The molecular formula is C19H20O6. The highest BCUT2D eigenvalue weighted by Crippen LogP contribution is 2.62. The Bertz CT molecular complexity index is 830. The van der Waals surface area contributed by atoms with Crippen molar-refractivity contribution in [3.63, 3.8) is 0 Å². The van der Waals surface area contributed by atoms with Gasteiger partial charge in [-0.3, -0.25) is 0 Å². The van der Waals surface area contributed by atoms with Crippen molar-refractivity contribution in [2.45, 2.75) is 35.4 Å². The predicted molar refractivity (Wildman–Crippen MR) is 87.2 cm³/mol. The van der Waals surface area contributed by atoms with Crippen LogP contribution in [0.1, 0.15) is 29.2 Å². The largest absolute Gasteiger partial charge is 0.394 e. The fourth-order valence-electron chi connectivity index (χ4n) is 4.53. The maximum absolute atomic E-state index is 11.7. The van der Waals surface area contributed by atoms with Gasteiger partial charge < -0.3 is 30.6 Å². The lowest BCUT2D eigenvalue weighted by atomic mass is 9.51. The minimum atomic E-state index is -2.49. The summed E-state index contributed by atoms with van der Waals surface area (Å²) >= 11 is 0. The Morgan fingerprint density at radius 1 is 0.720 bits per heavy atom. The van der Waals surface area contributed by atoms with Crippen LogP contribution in [0.4, 0.5) is 0 Å². The molecule has 25 heavy (non-hydrogen) atoms. The van der Waals surface area contributed by atoms with Crippen molar-refractivity contribution in [3.05, 3.63) is 70.8 Å². The van der Waals surface area contributed by atoms with E-state index in [4.69, 9.17) is 0 Å². The quantitative estimate of drug-likeness (QED) is 0.448. The van der Waals surface area contributed by atoms with Gasteiger partial charge in [0.25, 0.3) is 0 Å². The summed E-state index contributed by atoms with van der Waals surface area (Å²) in [4.78, 5) is 0. The molecule has 2 aromatic carbocycles. The van der Waals surface area contributed by atoms with E-state index < -0.39 is 35.1 Å². The summed E-state index contributed by atoms with van der Waals surface area (Å²) in [5.74, 6) is 0. The molecule has 6 heteroatoms. The average Bonchev–Trinajstić information content (AvgIpc) is 2.63. The highest BCUT2D eigenvalue weighted by Gasteiger charge is 2.74. The van der Waals surface area contributed by atoms with Crippen LogP contribution >= 0.6 is 0 Å². The van der Waals surface area contributed by atoms with E-state index in [9.17, 15) is 30.6 Å². The van der Waals surface area contributed by atoms with E-state index >= 15 is 0 Å².